The summed E-state index contributed by atoms with van der Waals surface area (Å²) < 4.78 is 6.21. The van der Waals surface area contributed by atoms with Gasteiger partial charge >= 0.3 is 0 Å². The Morgan fingerprint density at radius 3 is 1.91 bits per heavy atom. The molecule has 3 rings (SSSR count). The first-order chi connectivity index (χ1) is 11.4. The van der Waals surface area contributed by atoms with Gasteiger partial charge in [0.2, 0.25) is 0 Å². The van der Waals surface area contributed by atoms with Crippen LogP contribution in [0.4, 0.5) is 0 Å². The lowest BCUT2D eigenvalue weighted by molar-refractivity contribution is 0.0782. The van der Waals surface area contributed by atoms with E-state index in [1.165, 1.54) is 11.1 Å². The zero-order valence-electron chi connectivity index (χ0n) is 13.1. The van der Waals surface area contributed by atoms with E-state index in [1.807, 2.05) is 30.5 Å². The molecule has 0 aliphatic carbocycles. The monoisotopic (exact) mass is 303 g/mol. The van der Waals surface area contributed by atoms with Crippen molar-refractivity contribution in [2.24, 2.45) is 0 Å². The summed E-state index contributed by atoms with van der Waals surface area (Å²) in [6, 6.07) is 26.8. The van der Waals surface area contributed by atoms with Crippen LogP contribution in [0.2, 0.25) is 0 Å². The Morgan fingerprint density at radius 1 is 0.739 bits per heavy atom. The molecule has 0 saturated carbocycles. The van der Waals surface area contributed by atoms with Gasteiger partial charge in [-0.05, 0) is 36.1 Å². The third kappa shape index (κ3) is 4.51. The quantitative estimate of drug-likeness (QED) is 0.584. The molecule has 1 aromatic heterocycles. The van der Waals surface area contributed by atoms with Gasteiger partial charge in [0, 0.05) is 18.5 Å². The SMILES string of the molecule is c1ccc(C(OCCCc2ccccn2)c2ccccc2)cc1. The predicted octanol–water partition coefficient (Wildman–Crippen LogP) is 4.82. The van der Waals surface area contributed by atoms with Crippen LogP contribution in [0.15, 0.2) is 85.1 Å². The molecule has 1 heterocycles. The molecular weight excluding hydrogens is 282 g/mol. The van der Waals surface area contributed by atoms with Crippen molar-refractivity contribution in [3.8, 4) is 0 Å². The molecule has 0 unspecified atom stereocenters. The van der Waals surface area contributed by atoms with Gasteiger partial charge in [-0.2, -0.15) is 0 Å². The van der Waals surface area contributed by atoms with Crippen molar-refractivity contribution < 1.29 is 4.74 Å². The van der Waals surface area contributed by atoms with Crippen LogP contribution in [-0.2, 0) is 11.2 Å². The Kier molecular flexibility index (Phi) is 5.54. The molecule has 116 valence electrons. The average molecular weight is 303 g/mol. The van der Waals surface area contributed by atoms with Gasteiger partial charge in [-0.3, -0.25) is 4.98 Å². The van der Waals surface area contributed by atoms with Crippen LogP contribution in [0.1, 0.15) is 29.3 Å². The molecular formula is C21H21NO. The summed E-state index contributed by atoms with van der Waals surface area (Å²) in [4.78, 5) is 4.36. The number of aryl methyl sites for hydroxylation is 1. The van der Waals surface area contributed by atoms with Crippen LogP contribution in [-0.4, -0.2) is 11.6 Å². The molecule has 3 aromatic rings. The summed E-state index contributed by atoms with van der Waals surface area (Å²) in [5.41, 5.74) is 3.50. The highest BCUT2D eigenvalue weighted by Crippen LogP contribution is 2.25. The molecule has 0 fully saturated rings. The summed E-state index contributed by atoms with van der Waals surface area (Å²) in [6.45, 7) is 0.713. The van der Waals surface area contributed by atoms with E-state index in [0.717, 1.165) is 18.5 Å². The molecule has 2 heteroatoms. The van der Waals surface area contributed by atoms with E-state index in [1.54, 1.807) is 0 Å². The largest absolute Gasteiger partial charge is 0.369 e. The third-order valence-corrected chi connectivity index (χ3v) is 3.79. The Morgan fingerprint density at radius 2 is 1.35 bits per heavy atom. The van der Waals surface area contributed by atoms with Crippen molar-refractivity contribution in [3.05, 3.63) is 102 Å². The Hall–Kier alpha value is -2.45. The third-order valence-electron chi connectivity index (χ3n) is 3.79. The van der Waals surface area contributed by atoms with Gasteiger partial charge in [0.1, 0.15) is 6.10 Å². The second-order valence-electron chi connectivity index (χ2n) is 5.50. The van der Waals surface area contributed by atoms with Gasteiger partial charge in [-0.25, -0.2) is 0 Å². The van der Waals surface area contributed by atoms with Crippen LogP contribution in [0.25, 0.3) is 0 Å². The topological polar surface area (TPSA) is 22.1 Å². The van der Waals surface area contributed by atoms with Crippen molar-refractivity contribution >= 4 is 0 Å². The number of ether oxygens (including phenoxy) is 1. The molecule has 0 saturated heterocycles. The maximum Gasteiger partial charge on any atom is 0.108 e. The molecule has 23 heavy (non-hydrogen) atoms. The van der Waals surface area contributed by atoms with Crippen molar-refractivity contribution in [2.45, 2.75) is 18.9 Å². The molecule has 0 spiro atoms. The fourth-order valence-corrected chi connectivity index (χ4v) is 2.64. The summed E-state index contributed by atoms with van der Waals surface area (Å²) >= 11 is 0. The number of aromatic nitrogens is 1. The second kappa shape index (κ2) is 8.25. The predicted molar refractivity (Wildman–Crippen MR) is 93.2 cm³/mol. The van der Waals surface area contributed by atoms with Gasteiger partial charge in [-0.15, -0.1) is 0 Å². The van der Waals surface area contributed by atoms with Gasteiger partial charge in [0.25, 0.3) is 0 Å². The lowest BCUT2D eigenvalue weighted by atomic mass is 10.0. The molecule has 0 bridgehead atoms. The lowest BCUT2D eigenvalue weighted by Gasteiger charge is -2.19. The van der Waals surface area contributed by atoms with E-state index < -0.39 is 0 Å². The van der Waals surface area contributed by atoms with E-state index >= 15 is 0 Å². The summed E-state index contributed by atoms with van der Waals surface area (Å²) in [7, 11) is 0. The summed E-state index contributed by atoms with van der Waals surface area (Å²) in [6.07, 6.45) is 3.73. The van der Waals surface area contributed by atoms with Gasteiger partial charge in [0.15, 0.2) is 0 Å². The van der Waals surface area contributed by atoms with Crippen LogP contribution in [0.5, 0.6) is 0 Å². The normalized spacial score (nSPS) is 10.8. The summed E-state index contributed by atoms with van der Waals surface area (Å²) in [5.74, 6) is 0. The maximum atomic E-state index is 6.21. The van der Waals surface area contributed by atoms with Crippen LogP contribution in [0, 0.1) is 0 Å². The Balaban J connectivity index is 1.63. The smallest absolute Gasteiger partial charge is 0.108 e. The summed E-state index contributed by atoms with van der Waals surface area (Å²) in [5, 5.41) is 0. The minimum Gasteiger partial charge on any atom is -0.369 e. The Bertz CT molecular complexity index is 643. The second-order valence-corrected chi connectivity index (χ2v) is 5.50. The van der Waals surface area contributed by atoms with E-state index in [2.05, 4.69) is 59.6 Å². The number of pyridine rings is 1. The zero-order chi connectivity index (χ0) is 15.7. The minimum absolute atomic E-state index is 0.0128. The van der Waals surface area contributed by atoms with E-state index in [0.29, 0.717) is 6.61 Å². The van der Waals surface area contributed by atoms with Crippen LogP contribution >= 0.6 is 0 Å². The molecule has 2 aromatic carbocycles. The Labute approximate surface area is 137 Å². The first-order valence-electron chi connectivity index (χ1n) is 8.05. The number of hydrogen-bond donors (Lipinski definition) is 0. The number of nitrogens with zero attached hydrogens (tertiary/aromatic N) is 1. The van der Waals surface area contributed by atoms with Crippen molar-refractivity contribution in [1.82, 2.24) is 4.98 Å². The molecule has 0 N–H and O–H groups in total. The van der Waals surface area contributed by atoms with E-state index in [4.69, 9.17) is 4.74 Å². The molecule has 0 aliphatic rings. The number of rotatable bonds is 7. The molecule has 0 radical (unpaired) electrons. The number of benzene rings is 2. The van der Waals surface area contributed by atoms with Gasteiger partial charge < -0.3 is 4.74 Å². The van der Waals surface area contributed by atoms with Crippen molar-refractivity contribution in [2.75, 3.05) is 6.61 Å². The molecule has 0 amide bonds. The van der Waals surface area contributed by atoms with Crippen molar-refractivity contribution in [3.63, 3.8) is 0 Å². The van der Waals surface area contributed by atoms with E-state index in [9.17, 15) is 0 Å². The van der Waals surface area contributed by atoms with Crippen LogP contribution < -0.4 is 0 Å². The average Bonchev–Trinajstić information content (AvgIpc) is 2.64. The highest BCUT2D eigenvalue weighted by Gasteiger charge is 2.13. The van der Waals surface area contributed by atoms with Gasteiger partial charge in [-0.1, -0.05) is 66.7 Å². The lowest BCUT2D eigenvalue weighted by Crippen LogP contribution is -2.08. The van der Waals surface area contributed by atoms with Crippen molar-refractivity contribution in [1.29, 1.82) is 0 Å². The highest BCUT2D eigenvalue weighted by atomic mass is 16.5. The fraction of sp³-hybridized carbons (Fsp3) is 0.190. The zero-order valence-corrected chi connectivity index (χ0v) is 13.1. The molecule has 0 atom stereocenters. The highest BCUT2D eigenvalue weighted by molar-refractivity contribution is 5.29. The standard InChI is InChI=1S/C21H21NO/c1-3-10-18(11-4-1)21(19-12-5-2-6-13-19)23-17-9-15-20-14-7-8-16-22-20/h1-8,10-14,16,21H,9,15,17H2. The first kappa shape index (κ1) is 15.4. The first-order valence-corrected chi connectivity index (χ1v) is 8.05. The number of hydrogen-bond acceptors (Lipinski definition) is 2. The van der Waals surface area contributed by atoms with Gasteiger partial charge in [0.05, 0.1) is 0 Å². The van der Waals surface area contributed by atoms with Crippen LogP contribution in [0.3, 0.4) is 0 Å². The fourth-order valence-electron chi connectivity index (χ4n) is 2.64. The molecule has 2 nitrogen and oxygen atoms in total. The maximum absolute atomic E-state index is 6.21. The van der Waals surface area contributed by atoms with E-state index in [-0.39, 0.29) is 6.10 Å². The molecule has 0 aliphatic heterocycles. The minimum atomic E-state index is -0.0128.